The zero-order valence-electron chi connectivity index (χ0n) is 16.6. The van der Waals surface area contributed by atoms with E-state index in [0.717, 1.165) is 35.7 Å². The lowest BCUT2D eigenvalue weighted by atomic mass is 9.86. The van der Waals surface area contributed by atoms with E-state index in [1.165, 1.54) is 0 Å². The second-order valence-corrected chi connectivity index (χ2v) is 8.67. The molecule has 0 aromatic heterocycles. The highest BCUT2D eigenvalue weighted by Crippen LogP contribution is 2.28. The number of halogens is 1. The standard InChI is InChI=1S/C22H29BrN2O3/c1-16-15-24(21(26)12-5-17-3-8-19(23)9-4-17)13-14-25(16)22(27)18-6-10-20(28-2)11-7-18/h3-5,8-9,12,16,18,20H,6-7,10-11,13-15H2,1-2H3/b12-5+. The lowest BCUT2D eigenvalue weighted by molar-refractivity contribution is -0.145. The lowest BCUT2D eigenvalue weighted by Gasteiger charge is -2.41. The zero-order chi connectivity index (χ0) is 20.1. The summed E-state index contributed by atoms with van der Waals surface area (Å²) in [6, 6.07) is 7.89. The van der Waals surface area contributed by atoms with Crippen molar-refractivity contribution in [2.45, 2.75) is 44.8 Å². The number of ether oxygens (including phenoxy) is 1. The van der Waals surface area contributed by atoms with Gasteiger partial charge >= 0.3 is 0 Å². The molecular weight excluding hydrogens is 420 g/mol. The van der Waals surface area contributed by atoms with E-state index < -0.39 is 0 Å². The minimum Gasteiger partial charge on any atom is -0.381 e. The van der Waals surface area contributed by atoms with Gasteiger partial charge in [0.25, 0.3) is 0 Å². The topological polar surface area (TPSA) is 49.9 Å². The van der Waals surface area contributed by atoms with Crippen LogP contribution in [0.15, 0.2) is 34.8 Å². The van der Waals surface area contributed by atoms with Crippen LogP contribution in [0, 0.1) is 5.92 Å². The fraction of sp³-hybridized carbons (Fsp3) is 0.545. The lowest BCUT2D eigenvalue weighted by Crippen LogP contribution is -2.56. The molecule has 2 amide bonds. The van der Waals surface area contributed by atoms with E-state index >= 15 is 0 Å². The third-order valence-corrected chi connectivity index (χ3v) is 6.40. The number of benzene rings is 1. The van der Waals surface area contributed by atoms with Gasteiger partial charge in [-0.1, -0.05) is 28.1 Å². The molecule has 1 aliphatic heterocycles. The Bertz CT molecular complexity index is 711. The predicted octanol–water partition coefficient (Wildman–Crippen LogP) is 3.73. The highest BCUT2D eigenvalue weighted by atomic mass is 79.9. The van der Waals surface area contributed by atoms with Gasteiger partial charge in [-0.3, -0.25) is 9.59 Å². The van der Waals surface area contributed by atoms with Crippen LogP contribution in [0.3, 0.4) is 0 Å². The first-order valence-corrected chi connectivity index (χ1v) is 10.8. The Labute approximate surface area is 175 Å². The van der Waals surface area contributed by atoms with Crippen LogP contribution in [0.25, 0.3) is 6.08 Å². The van der Waals surface area contributed by atoms with Crippen molar-refractivity contribution in [3.8, 4) is 0 Å². The molecule has 1 heterocycles. The average Bonchev–Trinajstić information content (AvgIpc) is 2.72. The van der Waals surface area contributed by atoms with Crippen molar-refractivity contribution < 1.29 is 14.3 Å². The third kappa shape index (κ3) is 5.23. The molecule has 1 aromatic carbocycles. The molecule has 6 heteroatoms. The second-order valence-electron chi connectivity index (χ2n) is 7.76. The summed E-state index contributed by atoms with van der Waals surface area (Å²) in [5.41, 5.74) is 0.991. The van der Waals surface area contributed by atoms with Crippen LogP contribution < -0.4 is 0 Å². The van der Waals surface area contributed by atoms with Crippen LogP contribution in [0.5, 0.6) is 0 Å². The van der Waals surface area contributed by atoms with Gasteiger partial charge in [-0.15, -0.1) is 0 Å². The Morgan fingerprint density at radius 1 is 1.11 bits per heavy atom. The maximum Gasteiger partial charge on any atom is 0.246 e. The number of piperazine rings is 1. The largest absolute Gasteiger partial charge is 0.381 e. The molecule has 0 N–H and O–H groups in total. The Hall–Kier alpha value is -1.66. The van der Waals surface area contributed by atoms with Gasteiger partial charge in [0.1, 0.15) is 0 Å². The summed E-state index contributed by atoms with van der Waals surface area (Å²) < 4.78 is 6.42. The number of carbonyl (C=O) groups is 2. The average molecular weight is 449 g/mol. The molecule has 0 spiro atoms. The highest BCUT2D eigenvalue weighted by Gasteiger charge is 2.34. The van der Waals surface area contributed by atoms with E-state index in [4.69, 9.17) is 4.74 Å². The molecule has 5 nitrogen and oxygen atoms in total. The zero-order valence-corrected chi connectivity index (χ0v) is 18.2. The molecule has 1 aliphatic carbocycles. The summed E-state index contributed by atoms with van der Waals surface area (Å²) in [6.45, 7) is 3.83. The van der Waals surface area contributed by atoms with Gasteiger partial charge in [0, 0.05) is 49.3 Å². The normalized spacial score (nSPS) is 25.9. The van der Waals surface area contributed by atoms with Crippen molar-refractivity contribution >= 4 is 33.8 Å². The van der Waals surface area contributed by atoms with Crippen molar-refractivity contribution in [3.05, 3.63) is 40.4 Å². The van der Waals surface area contributed by atoms with Crippen molar-refractivity contribution in [3.63, 3.8) is 0 Å². The summed E-state index contributed by atoms with van der Waals surface area (Å²) in [7, 11) is 1.75. The molecule has 1 aromatic rings. The molecule has 2 fully saturated rings. The van der Waals surface area contributed by atoms with E-state index in [9.17, 15) is 9.59 Å². The molecule has 152 valence electrons. The van der Waals surface area contributed by atoms with Crippen molar-refractivity contribution in [2.24, 2.45) is 5.92 Å². The van der Waals surface area contributed by atoms with Gasteiger partial charge in [0.15, 0.2) is 0 Å². The number of hydrogen-bond acceptors (Lipinski definition) is 3. The van der Waals surface area contributed by atoms with E-state index in [0.29, 0.717) is 25.7 Å². The van der Waals surface area contributed by atoms with E-state index in [1.807, 2.05) is 47.1 Å². The van der Waals surface area contributed by atoms with Crippen LogP contribution >= 0.6 is 15.9 Å². The van der Waals surface area contributed by atoms with Crippen LogP contribution in [0.4, 0.5) is 0 Å². The number of nitrogens with zero attached hydrogens (tertiary/aromatic N) is 2. The molecule has 1 atom stereocenters. The number of methoxy groups -OCH3 is 1. The number of carbonyl (C=O) groups excluding carboxylic acids is 2. The van der Waals surface area contributed by atoms with Gasteiger partial charge in [-0.05, 0) is 56.4 Å². The minimum atomic E-state index is 0.00229. The minimum absolute atomic E-state index is 0.00229. The Balaban J connectivity index is 1.52. The van der Waals surface area contributed by atoms with Crippen molar-refractivity contribution in [1.82, 2.24) is 9.80 Å². The van der Waals surface area contributed by atoms with Gasteiger partial charge in [0.2, 0.25) is 11.8 Å². The fourth-order valence-corrected chi connectivity index (χ4v) is 4.38. The number of rotatable bonds is 4. The fourth-order valence-electron chi connectivity index (χ4n) is 4.11. The smallest absolute Gasteiger partial charge is 0.246 e. The molecule has 0 bridgehead atoms. The Morgan fingerprint density at radius 2 is 1.79 bits per heavy atom. The summed E-state index contributed by atoms with van der Waals surface area (Å²) in [6.07, 6.45) is 7.48. The second kappa shape index (κ2) is 9.70. The van der Waals surface area contributed by atoms with Crippen LogP contribution in [0.2, 0.25) is 0 Å². The van der Waals surface area contributed by atoms with E-state index in [2.05, 4.69) is 15.9 Å². The molecule has 2 aliphatic rings. The van der Waals surface area contributed by atoms with Crippen LogP contribution in [-0.4, -0.2) is 60.5 Å². The maximum absolute atomic E-state index is 12.9. The predicted molar refractivity (Wildman–Crippen MR) is 114 cm³/mol. The molecule has 3 rings (SSSR count). The van der Waals surface area contributed by atoms with E-state index in [1.54, 1.807) is 13.2 Å². The number of hydrogen-bond donors (Lipinski definition) is 0. The Morgan fingerprint density at radius 3 is 2.39 bits per heavy atom. The van der Waals surface area contributed by atoms with Gasteiger partial charge in [-0.25, -0.2) is 0 Å². The van der Waals surface area contributed by atoms with Crippen LogP contribution in [-0.2, 0) is 14.3 Å². The van der Waals surface area contributed by atoms with Crippen LogP contribution in [0.1, 0.15) is 38.2 Å². The molecule has 1 saturated heterocycles. The Kier molecular flexibility index (Phi) is 7.30. The highest BCUT2D eigenvalue weighted by molar-refractivity contribution is 9.10. The first-order valence-electron chi connectivity index (χ1n) is 10.0. The number of amides is 2. The molecule has 1 unspecified atom stereocenters. The summed E-state index contributed by atoms with van der Waals surface area (Å²) in [5, 5.41) is 0. The molecule has 0 radical (unpaired) electrons. The van der Waals surface area contributed by atoms with Crippen molar-refractivity contribution in [1.29, 1.82) is 0 Å². The summed E-state index contributed by atoms with van der Waals surface area (Å²) in [4.78, 5) is 29.3. The molecule has 28 heavy (non-hydrogen) atoms. The summed E-state index contributed by atoms with van der Waals surface area (Å²) in [5.74, 6) is 0.357. The monoisotopic (exact) mass is 448 g/mol. The van der Waals surface area contributed by atoms with Gasteiger partial charge in [0.05, 0.1) is 6.10 Å². The molecule has 1 saturated carbocycles. The van der Waals surface area contributed by atoms with Gasteiger partial charge in [-0.2, -0.15) is 0 Å². The first kappa shape index (κ1) is 21.1. The quantitative estimate of drug-likeness (QED) is 0.659. The third-order valence-electron chi connectivity index (χ3n) is 5.87. The molecular formula is C22H29BrN2O3. The van der Waals surface area contributed by atoms with Gasteiger partial charge < -0.3 is 14.5 Å². The first-order chi connectivity index (χ1) is 13.5. The maximum atomic E-state index is 12.9. The SMILES string of the molecule is COC1CCC(C(=O)N2CCN(C(=O)/C=C/c3ccc(Br)cc3)CC2C)CC1. The van der Waals surface area contributed by atoms with E-state index in [-0.39, 0.29) is 23.8 Å². The van der Waals surface area contributed by atoms with Crippen molar-refractivity contribution in [2.75, 3.05) is 26.7 Å². The summed E-state index contributed by atoms with van der Waals surface area (Å²) >= 11 is 3.41.